The van der Waals surface area contributed by atoms with Crippen molar-refractivity contribution in [3.05, 3.63) is 223 Å². The molecule has 4 heteroatoms. The third-order valence-corrected chi connectivity index (χ3v) is 13.0. The monoisotopic (exact) mass is 819 g/mol. The molecule has 0 N–H and O–H groups in total. The minimum atomic E-state index is -0.0271. The van der Waals surface area contributed by atoms with E-state index in [4.69, 9.17) is 19.4 Å². The molecule has 0 bridgehead atoms. The average molecular weight is 820 g/mol. The van der Waals surface area contributed by atoms with Gasteiger partial charge in [0, 0.05) is 32.9 Å². The van der Waals surface area contributed by atoms with Crippen molar-refractivity contribution in [2.45, 2.75) is 19.3 Å². The van der Waals surface area contributed by atoms with Crippen LogP contribution in [0.5, 0.6) is 0 Å². The summed E-state index contributed by atoms with van der Waals surface area (Å²) in [5.74, 6) is 1.79. The summed E-state index contributed by atoms with van der Waals surface area (Å²) in [4.78, 5) is 15.5. The highest BCUT2D eigenvalue weighted by Gasteiger charge is 2.35. The first kappa shape index (κ1) is 37.5. The zero-order valence-electron chi connectivity index (χ0n) is 35.5. The van der Waals surface area contributed by atoms with E-state index in [1.807, 2.05) is 24.3 Å². The summed E-state index contributed by atoms with van der Waals surface area (Å²) in [6.07, 6.45) is 0. The molecule has 11 aromatic rings. The molecule has 0 unspecified atom stereocenters. The number of rotatable bonds is 7. The molecule has 0 aliphatic heterocycles. The molecular weight excluding hydrogens is 779 g/mol. The van der Waals surface area contributed by atoms with Crippen LogP contribution in [0.3, 0.4) is 0 Å². The lowest BCUT2D eigenvalue weighted by molar-refractivity contribution is 0.660. The van der Waals surface area contributed by atoms with Crippen molar-refractivity contribution < 1.29 is 4.42 Å². The van der Waals surface area contributed by atoms with Gasteiger partial charge in [0.1, 0.15) is 11.2 Å². The molecule has 1 aliphatic carbocycles. The fourth-order valence-electron chi connectivity index (χ4n) is 9.61. The van der Waals surface area contributed by atoms with Crippen LogP contribution in [0.4, 0.5) is 0 Å². The molecule has 0 saturated carbocycles. The van der Waals surface area contributed by atoms with Crippen molar-refractivity contribution in [2.75, 3.05) is 0 Å². The fraction of sp³-hybridized carbons (Fsp3) is 0.0500. The Bertz CT molecular complexity index is 3450. The second kappa shape index (κ2) is 15.0. The molecule has 12 rings (SSSR count). The Morgan fingerprint density at radius 1 is 0.312 bits per heavy atom. The van der Waals surface area contributed by atoms with E-state index >= 15 is 0 Å². The smallest absolute Gasteiger partial charge is 0.164 e. The molecule has 302 valence electrons. The van der Waals surface area contributed by atoms with E-state index in [0.29, 0.717) is 17.5 Å². The first-order valence-corrected chi connectivity index (χ1v) is 21.8. The molecule has 2 heterocycles. The van der Waals surface area contributed by atoms with Gasteiger partial charge in [0.15, 0.2) is 17.5 Å². The topological polar surface area (TPSA) is 51.8 Å². The Morgan fingerprint density at radius 3 is 1.42 bits per heavy atom. The number of benzene rings is 9. The van der Waals surface area contributed by atoms with Crippen LogP contribution in [0, 0.1) is 0 Å². The molecule has 0 amide bonds. The maximum absolute atomic E-state index is 6.56. The molecule has 2 aromatic heterocycles. The SMILES string of the molecule is CC1(C)c2ccccc2-c2cc(-c3cccc(-c4ccc5oc6cccc(-c7nc(-c8ccc(-c9ccccc9)cc8)nc(-c8ccc(-c9ccccc9)cc8)n7)c6c5c4)c3)ccc21. The van der Waals surface area contributed by atoms with Gasteiger partial charge in [-0.2, -0.15) is 0 Å². The zero-order chi connectivity index (χ0) is 42.8. The van der Waals surface area contributed by atoms with Crippen LogP contribution in [-0.2, 0) is 5.41 Å². The summed E-state index contributed by atoms with van der Waals surface area (Å²) in [6, 6.07) is 75.0. The molecule has 0 spiro atoms. The number of aromatic nitrogens is 3. The molecule has 0 atom stereocenters. The van der Waals surface area contributed by atoms with Crippen molar-refractivity contribution in [3.63, 3.8) is 0 Å². The quantitative estimate of drug-likeness (QED) is 0.161. The van der Waals surface area contributed by atoms with Gasteiger partial charge in [0.05, 0.1) is 0 Å². The highest BCUT2D eigenvalue weighted by atomic mass is 16.3. The second-order valence-corrected chi connectivity index (χ2v) is 17.2. The molecule has 0 saturated heterocycles. The predicted molar refractivity (Wildman–Crippen MR) is 263 cm³/mol. The van der Waals surface area contributed by atoms with E-state index in [0.717, 1.165) is 72.0 Å². The van der Waals surface area contributed by atoms with Gasteiger partial charge in [-0.1, -0.05) is 196 Å². The lowest BCUT2D eigenvalue weighted by Gasteiger charge is -2.21. The number of fused-ring (bicyclic) bond motifs is 6. The largest absolute Gasteiger partial charge is 0.456 e. The van der Waals surface area contributed by atoms with Crippen molar-refractivity contribution in [1.82, 2.24) is 15.0 Å². The Hall–Kier alpha value is -8.21. The Morgan fingerprint density at radius 2 is 0.766 bits per heavy atom. The van der Waals surface area contributed by atoms with Gasteiger partial charge in [0.2, 0.25) is 0 Å². The molecular formula is C60H41N3O. The number of nitrogens with zero attached hydrogens (tertiary/aromatic N) is 3. The van der Waals surface area contributed by atoms with E-state index < -0.39 is 0 Å². The van der Waals surface area contributed by atoms with E-state index in [1.165, 1.54) is 33.4 Å². The maximum atomic E-state index is 6.56. The number of hydrogen-bond donors (Lipinski definition) is 0. The van der Waals surface area contributed by atoms with Gasteiger partial charge in [-0.3, -0.25) is 0 Å². The third kappa shape index (κ3) is 6.42. The summed E-state index contributed by atoms with van der Waals surface area (Å²) in [5, 5.41) is 1.98. The summed E-state index contributed by atoms with van der Waals surface area (Å²) < 4.78 is 6.56. The number of hydrogen-bond acceptors (Lipinski definition) is 4. The van der Waals surface area contributed by atoms with Gasteiger partial charge < -0.3 is 4.42 Å². The van der Waals surface area contributed by atoms with Gasteiger partial charge in [-0.05, 0) is 97.1 Å². The van der Waals surface area contributed by atoms with Crippen molar-refractivity contribution in [3.8, 4) is 89.8 Å². The third-order valence-electron chi connectivity index (χ3n) is 13.0. The van der Waals surface area contributed by atoms with Crippen LogP contribution >= 0.6 is 0 Å². The molecule has 64 heavy (non-hydrogen) atoms. The average Bonchev–Trinajstić information content (AvgIpc) is 3.85. The standard InChI is InChI=1S/C60H41N3O/c1-60(2)52-21-10-9-19-48(52)50-36-46(31-33-53(50)60)44-17-11-18-45(35-44)47-32-34-54-51(37-47)56-49(20-12-22-55(56)64-54)59-62-57(42-27-23-40(24-28-42)38-13-5-3-6-14-38)61-58(63-59)43-29-25-41(26-30-43)39-15-7-4-8-16-39/h3-37H,1-2H3. The van der Waals surface area contributed by atoms with Crippen LogP contribution in [0.1, 0.15) is 25.0 Å². The maximum Gasteiger partial charge on any atom is 0.164 e. The molecule has 0 fully saturated rings. The van der Waals surface area contributed by atoms with Crippen LogP contribution in [0.25, 0.3) is 112 Å². The first-order valence-electron chi connectivity index (χ1n) is 21.8. The fourth-order valence-corrected chi connectivity index (χ4v) is 9.61. The first-order chi connectivity index (χ1) is 31.4. The lowest BCUT2D eigenvalue weighted by atomic mass is 9.82. The summed E-state index contributed by atoms with van der Waals surface area (Å²) >= 11 is 0. The minimum Gasteiger partial charge on any atom is -0.456 e. The predicted octanol–water partition coefficient (Wildman–Crippen LogP) is 15.7. The summed E-state index contributed by atoms with van der Waals surface area (Å²) in [6.45, 7) is 4.65. The minimum absolute atomic E-state index is 0.0271. The van der Waals surface area contributed by atoms with E-state index in [2.05, 4.69) is 202 Å². The zero-order valence-corrected chi connectivity index (χ0v) is 35.5. The molecule has 1 aliphatic rings. The van der Waals surface area contributed by atoms with Gasteiger partial charge in [-0.25, -0.2) is 15.0 Å². The molecule has 0 radical (unpaired) electrons. The highest BCUT2D eigenvalue weighted by Crippen LogP contribution is 2.49. The number of furan rings is 1. The van der Waals surface area contributed by atoms with E-state index in [-0.39, 0.29) is 5.41 Å². The van der Waals surface area contributed by atoms with Crippen LogP contribution in [-0.4, -0.2) is 15.0 Å². The van der Waals surface area contributed by atoms with Gasteiger partial charge >= 0.3 is 0 Å². The second-order valence-electron chi connectivity index (χ2n) is 17.2. The summed E-state index contributed by atoms with van der Waals surface area (Å²) in [5.41, 5.74) is 18.9. The van der Waals surface area contributed by atoms with Crippen LogP contribution < -0.4 is 0 Å². The normalized spacial score (nSPS) is 12.7. The molecule has 9 aromatic carbocycles. The Balaban J connectivity index is 0.963. The summed E-state index contributed by atoms with van der Waals surface area (Å²) in [7, 11) is 0. The van der Waals surface area contributed by atoms with Crippen molar-refractivity contribution in [1.29, 1.82) is 0 Å². The molecule has 4 nitrogen and oxygen atoms in total. The van der Waals surface area contributed by atoms with Crippen LogP contribution in [0.15, 0.2) is 217 Å². The Labute approximate surface area is 372 Å². The van der Waals surface area contributed by atoms with E-state index in [9.17, 15) is 0 Å². The highest BCUT2D eigenvalue weighted by molar-refractivity contribution is 6.13. The Kier molecular flexibility index (Phi) is 8.80. The van der Waals surface area contributed by atoms with E-state index in [1.54, 1.807) is 0 Å². The lowest BCUT2D eigenvalue weighted by Crippen LogP contribution is -2.14. The van der Waals surface area contributed by atoms with Crippen molar-refractivity contribution in [2.24, 2.45) is 0 Å². The van der Waals surface area contributed by atoms with Gasteiger partial charge in [-0.15, -0.1) is 0 Å². The van der Waals surface area contributed by atoms with Crippen molar-refractivity contribution >= 4 is 21.9 Å². The van der Waals surface area contributed by atoms with Crippen LogP contribution in [0.2, 0.25) is 0 Å². The van der Waals surface area contributed by atoms with Gasteiger partial charge in [0.25, 0.3) is 0 Å².